The topological polar surface area (TPSA) is 78.2 Å². The van der Waals surface area contributed by atoms with Crippen LogP contribution in [0, 0.1) is 10.1 Å². The summed E-state index contributed by atoms with van der Waals surface area (Å²) in [5, 5.41) is 10.7. The quantitative estimate of drug-likeness (QED) is 0.393. The van der Waals surface area contributed by atoms with Gasteiger partial charge in [-0.15, -0.1) is 0 Å². The molecular weight excluding hydrogens is 282 g/mol. The Hall–Kier alpha value is -2.24. The molecule has 1 aliphatic carbocycles. The number of hydrogen-bond donors (Lipinski definition) is 0. The highest BCUT2D eigenvalue weighted by Gasteiger charge is 2.12. The van der Waals surface area contributed by atoms with Crippen LogP contribution in [0.1, 0.15) is 45.4 Å². The van der Waals surface area contributed by atoms with Gasteiger partial charge < -0.3 is 4.74 Å². The Balaban J connectivity index is 1.84. The normalized spacial score (nSPS) is 10.8. The average molecular weight is 303 g/mol. The third kappa shape index (κ3) is 4.65. The molecule has 6 heteroatoms. The number of hydrogen-bond acceptors (Lipinski definition) is 5. The minimum Gasteiger partial charge on any atom is -0.463 e. The van der Waals surface area contributed by atoms with Crippen molar-refractivity contribution in [1.29, 1.82) is 0 Å². The van der Waals surface area contributed by atoms with Gasteiger partial charge in [0.1, 0.15) is 0 Å². The van der Waals surface area contributed by atoms with Gasteiger partial charge in [0, 0.05) is 12.1 Å². The maximum absolute atomic E-state index is 10.7. The highest BCUT2D eigenvalue weighted by atomic mass is 16.6. The molecule has 0 aromatic rings. The Morgan fingerprint density at radius 3 is 2.18 bits per heavy atom. The lowest BCUT2D eigenvalue weighted by molar-refractivity contribution is -0.384. The second-order valence-corrected chi connectivity index (χ2v) is 5.24. The number of aromatic nitrogens is 2. The molecule has 0 radical (unpaired) electrons. The second-order valence-electron chi connectivity index (χ2n) is 5.24. The van der Waals surface area contributed by atoms with Crippen molar-refractivity contribution in [2.45, 2.75) is 45.4 Å². The highest BCUT2D eigenvalue weighted by molar-refractivity contribution is 5.58. The van der Waals surface area contributed by atoms with Gasteiger partial charge in [-0.1, -0.05) is 39.0 Å². The van der Waals surface area contributed by atoms with Crippen molar-refractivity contribution in [3.8, 4) is 17.4 Å². The van der Waals surface area contributed by atoms with Gasteiger partial charge in [-0.2, -0.15) is 9.97 Å². The van der Waals surface area contributed by atoms with Crippen LogP contribution in [0.3, 0.4) is 0 Å². The lowest BCUT2D eigenvalue weighted by Gasteiger charge is -2.01. The predicted molar refractivity (Wildman–Crippen MR) is 84.2 cm³/mol. The number of rotatable bonds is 9. The Morgan fingerprint density at radius 2 is 1.59 bits per heavy atom. The second kappa shape index (κ2) is 8.26. The summed E-state index contributed by atoms with van der Waals surface area (Å²) in [6.07, 6.45) is 7.21. The van der Waals surface area contributed by atoms with Crippen LogP contribution in [0.25, 0.3) is 11.4 Å². The molecule has 0 N–H and O–H groups in total. The van der Waals surface area contributed by atoms with E-state index in [-0.39, 0.29) is 5.69 Å². The molecule has 0 fully saturated rings. The Kier molecular flexibility index (Phi) is 6.06. The molecular formula is C16H21N3O3. The summed E-state index contributed by atoms with van der Waals surface area (Å²) in [6, 6.07) is 6.39. The van der Waals surface area contributed by atoms with Crippen molar-refractivity contribution in [1.82, 2.24) is 9.97 Å². The monoisotopic (exact) mass is 303 g/mol. The van der Waals surface area contributed by atoms with Crippen LogP contribution >= 0.6 is 0 Å². The molecule has 0 saturated carbocycles. The molecule has 0 saturated heterocycles. The fourth-order valence-corrected chi connectivity index (χ4v) is 2.21. The highest BCUT2D eigenvalue weighted by Crippen LogP contribution is 2.23. The molecule has 118 valence electrons. The molecule has 0 aromatic heterocycles. The third-order valence-corrected chi connectivity index (χ3v) is 3.46. The third-order valence-electron chi connectivity index (χ3n) is 3.46. The first-order chi connectivity index (χ1) is 10.7. The van der Waals surface area contributed by atoms with Gasteiger partial charge in [-0.25, -0.2) is 0 Å². The van der Waals surface area contributed by atoms with Gasteiger partial charge in [0.25, 0.3) is 5.69 Å². The van der Waals surface area contributed by atoms with Gasteiger partial charge in [-0.3, -0.25) is 10.1 Å². The van der Waals surface area contributed by atoms with Crippen molar-refractivity contribution in [2.24, 2.45) is 0 Å². The zero-order valence-corrected chi connectivity index (χ0v) is 12.8. The van der Waals surface area contributed by atoms with Gasteiger partial charge in [0.15, 0.2) is 0 Å². The molecule has 0 amide bonds. The molecule has 2 aliphatic rings. The number of imidazole rings is 1. The largest absolute Gasteiger partial charge is 0.463 e. The maximum Gasteiger partial charge on any atom is 0.317 e. The first-order valence-corrected chi connectivity index (χ1v) is 7.75. The Labute approximate surface area is 130 Å². The summed E-state index contributed by atoms with van der Waals surface area (Å²) >= 11 is 0. The number of unbranched alkanes of at least 4 members (excludes halogenated alkanes) is 5. The zero-order chi connectivity index (χ0) is 15.8. The molecule has 0 unspecified atom stereocenters. The average Bonchev–Trinajstić information content (AvgIpc) is 2.77. The van der Waals surface area contributed by atoms with Crippen LogP contribution < -0.4 is 4.74 Å². The van der Waals surface area contributed by atoms with Crippen molar-refractivity contribution >= 4 is 5.69 Å². The van der Waals surface area contributed by atoms with Crippen LogP contribution in [0.4, 0.5) is 5.69 Å². The maximum atomic E-state index is 10.7. The van der Waals surface area contributed by atoms with E-state index in [1.165, 1.54) is 37.8 Å². The molecule has 1 aliphatic heterocycles. The Bertz CT molecular complexity index is 555. The van der Waals surface area contributed by atoms with Gasteiger partial charge >= 0.3 is 6.01 Å². The fraction of sp³-hybridized carbons (Fsp3) is 0.500. The number of nitro groups is 1. The minimum atomic E-state index is -0.436. The summed E-state index contributed by atoms with van der Waals surface area (Å²) in [5.74, 6) is 0. The molecule has 0 aromatic carbocycles. The smallest absolute Gasteiger partial charge is 0.317 e. The van der Waals surface area contributed by atoms with Crippen molar-refractivity contribution in [3.05, 3.63) is 34.4 Å². The van der Waals surface area contributed by atoms with E-state index >= 15 is 0 Å². The lowest BCUT2D eigenvalue weighted by atomic mass is 10.1. The lowest BCUT2D eigenvalue weighted by Crippen LogP contribution is -1.98. The summed E-state index contributed by atoms with van der Waals surface area (Å²) < 4.78 is 5.55. The summed E-state index contributed by atoms with van der Waals surface area (Å²) in [5.41, 5.74) is 1.23. The first kappa shape index (κ1) is 16.1. The number of ether oxygens (including phenoxy) is 1. The number of fused-ring (bicyclic) bond motifs is 1. The summed E-state index contributed by atoms with van der Waals surface area (Å²) in [7, 11) is 0. The van der Waals surface area contributed by atoms with E-state index < -0.39 is 4.92 Å². The van der Waals surface area contributed by atoms with Crippen LogP contribution in [-0.4, -0.2) is 21.5 Å². The first-order valence-electron chi connectivity index (χ1n) is 7.75. The molecule has 0 atom stereocenters. The van der Waals surface area contributed by atoms with Crippen LogP contribution in [-0.2, 0) is 0 Å². The summed E-state index contributed by atoms with van der Waals surface area (Å²) in [4.78, 5) is 18.8. The van der Waals surface area contributed by atoms with Crippen LogP contribution in [0.5, 0.6) is 6.01 Å². The fourth-order valence-electron chi connectivity index (χ4n) is 2.21. The molecule has 0 bridgehead atoms. The van der Waals surface area contributed by atoms with Gasteiger partial charge in [0.05, 0.1) is 22.9 Å². The van der Waals surface area contributed by atoms with E-state index in [1.54, 1.807) is 12.1 Å². The van der Waals surface area contributed by atoms with Crippen LogP contribution in [0.15, 0.2) is 24.3 Å². The SMILES string of the molecule is CCCCCCCCOc1nc2ccc([N+](=O)[O-])ccc-2n1. The van der Waals surface area contributed by atoms with E-state index in [2.05, 4.69) is 16.9 Å². The van der Waals surface area contributed by atoms with Crippen LogP contribution in [0.2, 0.25) is 0 Å². The summed E-state index contributed by atoms with van der Waals surface area (Å²) in [6.45, 7) is 2.81. The molecule has 2 rings (SSSR count). The standard InChI is InChI=1S/C16H21N3O3/c1-2-3-4-5-6-7-12-22-16-17-14-10-8-13(19(20)21)9-11-15(14)18-16/h8-11H,2-7,12H2,1H3. The van der Waals surface area contributed by atoms with E-state index in [0.29, 0.717) is 24.0 Å². The van der Waals surface area contributed by atoms with Crippen molar-refractivity contribution < 1.29 is 9.66 Å². The van der Waals surface area contributed by atoms with Crippen molar-refractivity contribution in [2.75, 3.05) is 6.61 Å². The van der Waals surface area contributed by atoms with E-state index in [4.69, 9.17) is 4.74 Å². The predicted octanol–water partition coefficient (Wildman–Crippen LogP) is 4.23. The number of nitrogens with zero attached hydrogens (tertiary/aromatic N) is 3. The Morgan fingerprint density at radius 1 is 1.00 bits per heavy atom. The zero-order valence-electron chi connectivity index (χ0n) is 12.8. The van der Waals surface area contributed by atoms with E-state index in [0.717, 1.165) is 12.8 Å². The molecule has 22 heavy (non-hydrogen) atoms. The molecule has 0 spiro atoms. The van der Waals surface area contributed by atoms with Crippen molar-refractivity contribution in [3.63, 3.8) is 0 Å². The van der Waals surface area contributed by atoms with Gasteiger partial charge in [-0.05, 0) is 18.6 Å². The molecule has 6 nitrogen and oxygen atoms in total. The minimum absolute atomic E-state index is 0.0225. The molecule has 1 heterocycles. The van der Waals surface area contributed by atoms with E-state index in [9.17, 15) is 10.1 Å². The van der Waals surface area contributed by atoms with Gasteiger partial charge in [0.2, 0.25) is 0 Å². The van der Waals surface area contributed by atoms with E-state index in [1.807, 2.05) is 0 Å².